The molecule has 0 radical (unpaired) electrons. The number of nitrogens with zero attached hydrogens (tertiary/aromatic N) is 1. The summed E-state index contributed by atoms with van der Waals surface area (Å²) < 4.78 is 13.1. The predicted molar refractivity (Wildman–Crippen MR) is 68.6 cm³/mol. The Morgan fingerprint density at radius 2 is 2.00 bits per heavy atom. The summed E-state index contributed by atoms with van der Waals surface area (Å²) in [5.74, 6) is -2.69. The zero-order chi connectivity index (χ0) is 15.3. The molecule has 8 heteroatoms. The highest BCUT2D eigenvalue weighted by molar-refractivity contribution is 5.94. The van der Waals surface area contributed by atoms with E-state index in [2.05, 4.69) is 5.32 Å². The number of carboxylic acid groups (broad SMARTS) is 1. The average molecular weight is 283 g/mol. The Bertz CT molecular complexity index is 532. The summed E-state index contributed by atoms with van der Waals surface area (Å²) in [6.07, 6.45) is 0. The van der Waals surface area contributed by atoms with Crippen LogP contribution >= 0.6 is 0 Å². The van der Waals surface area contributed by atoms with Gasteiger partial charge in [-0.05, 0) is 24.6 Å². The van der Waals surface area contributed by atoms with Crippen molar-refractivity contribution in [3.8, 4) is 0 Å². The molecule has 0 bridgehead atoms. The quantitative estimate of drug-likeness (QED) is 0.731. The van der Waals surface area contributed by atoms with Crippen LogP contribution in [0.15, 0.2) is 18.2 Å². The number of nitrogens with one attached hydrogen (secondary N) is 1. The number of benzene rings is 1. The van der Waals surface area contributed by atoms with Crippen LogP contribution in [0, 0.1) is 12.7 Å². The summed E-state index contributed by atoms with van der Waals surface area (Å²) in [4.78, 5) is 34.0. The normalized spacial score (nSPS) is 9.90. The molecule has 0 aromatic heterocycles. The van der Waals surface area contributed by atoms with Crippen LogP contribution in [0.2, 0.25) is 0 Å². The van der Waals surface area contributed by atoms with E-state index in [0.29, 0.717) is 5.56 Å². The van der Waals surface area contributed by atoms with Crippen LogP contribution < -0.4 is 11.1 Å². The average Bonchev–Trinajstić information content (AvgIpc) is 2.31. The fourth-order valence-electron chi connectivity index (χ4n) is 1.47. The molecule has 1 aromatic carbocycles. The Morgan fingerprint density at radius 1 is 1.35 bits per heavy atom. The summed E-state index contributed by atoms with van der Waals surface area (Å²) in [6.45, 7) is 0.403. The van der Waals surface area contributed by atoms with Gasteiger partial charge in [-0.3, -0.25) is 9.59 Å². The maximum atomic E-state index is 13.1. The topological polar surface area (TPSA) is 113 Å². The van der Waals surface area contributed by atoms with Gasteiger partial charge in [0, 0.05) is 5.69 Å². The van der Waals surface area contributed by atoms with Crippen molar-refractivity contribution in [2.75, 3.05) is 18.4 Å². The van der Waals surface area contributed by atoms with E-state index in [0.717, 1.165) is 11.0 Å². The molecule has 7 nitrogen and oxygen atoms in total. The third kappa shape index (κ3) is 4.56. The first-order valence-corrected chi connectivity index (χ1v) is 5.61. The molecule has 0 saturated carbocycles. The molecule has 108 valence electrons. The standard InChI is InChI=1S/C12H14FN3O4/c1-7-2-3-8(13)4-9(7)15-12(20)16(5-10(14)17)6-11(18)19/h2-4H,5-6H2,1H3,(H2,14,17)(H,15,20)(H,18,19). The second-order valence-corrected chi connectivity index (χ2v) is 4.11. The summed E-state index contributed by atoms with van der Waals surface area (Å²) in [5, 5.41) is 11.0. The summed E-state index contributed by atoms with van der Waals surface area (Å²) in [5.41, 5.74) is 5.72. The third-order valence-corrected chi connectivity index (χ3v) is 2.40. The number of aryl methyl sites for hydroxylation is 1. The van der Waals surface area contributed by atoms with Crippen LogP contribution in [0.4, 0.5) is 14.9 Å². The molecular formula is C12H14FN3O4. The molecule has 0 aliphatic rings. The molecule has 0 saturated heterocycles. The van der Waals surface area contributed by atoms with Crippen molar-refractivity contribution in [2.24, 2.45) is 5.73 Å². The summed E-state index contributed by atoms with van der Waals surface area (Å²) >= 11 is 0. The molecule has 1 aromatic rings. The summed E-state index contributed by atoms with van der Waals surface area (Å²) in [6, 6.07) is 2.93. The molecule has 3 amide bonds. The molecule has 20 heavy (non-hydrogen) atoms. The number of urea groups is 1. The predicted octanol–water partition coefficient (Wildman–Crippen LogP) is 0.538. The minimum atomic E-state index is -1.29. The summed E-state index contributed by atoms with van der Waals surface area (Å²) in [7, 11) is 0. The first-order chi connectivity index (χ1) is 9.29. The number of hydrogen-bond acceptors (Lipinski definition) is 3. The number of anilines is 1. The van der Waals surface area contributed by atoms with E-state index in [1.54, 1.807) is 6.92 Å². The highest BCUT2D eigenvalue weighted by atomic mass is 19.1. The third-order valence-electron chi connectivity index (χ3n) is 2.40. The van der Waals surface area contributed by atoms with Crippen molar-refractivity contribution in [2.45, 2.75) is 6.92 Å². The highest BCUT2D eigenvalue weighted by Crippen LogP contribution is 2.16. The number of hydrogen-bond donors (Lipinski definition) is 3. The molecule has 0 unspecified atom stereocenters. The van der Waals surface area contributed by atoms with Gasteiger partial charge in [-0.2, -0.15) is 0 Å². The van der Waals surface area contributed by atoms with Gasteiger partial charge >= 0.3 is 12.0 Å². The van der Waals surface area contributed by atoms with Crippen LogP contribution in [0.1, 0.15) is 5.56 Å². The van der Waals surface area contributed by atoms with Crippen molar-refractivity contribution >= 4 is 23.6 Å². The number of amides is 3. The Labute approximate surface area is 114 Å². The number of rotatable bonds is 5. The van der Waals surface area contributed by atoms with E-state index in [-0.39, 0.29) is 5.69 Å². The Kier molecular flexibility index (Phi) is 5.01. The van der Waals surface area contributed by atoms with E-state index >= 15 is 0 Å². The lowest BCUT2D eigenvalue weighted by Crippen LogP contribution is -2.43. The van der Waals surface area contributed by atoms with Crippen LogP contribution in [0.5, 0.6) is 0 Å². The van der Waals surface area contributed by atoms with Crippen LogP contribution in [-0.2, 0) is 9.59 Å². The lowest BCUT2D eigenvalue weighted by Gasteiger charge is -2.20. The highest BCUT2D eigenvalue weighted by Gasteiger charge is 2.19. The van der Waals surface area contributed by atoms with Crippen LogP contribution in [0.25, 0.3) is 0 Å². The van der Waals surface area contributed by atoms with Crippen molar-refractivity contribution in [3.05, 3.63) is 29.6 Å². The number of primary amides is 1. The fraction of sp³-hybridized carbons (Fsp3) is 0.250. The smallest absolute Gasteiger partial charge is 0.323 e. The molecule has 0 heterocycles. The van der Waals surface area contributed by atoms with Gasteiger partial charge in [0.05, 0.1) is 0 Å². The molecule has 1 rings (SSSR count). The van der Waals surface area contributed by atoms with E-state index < -0.39 is 36.8 Å². The first kappa shape index (κ1) is 15.4. The minimum Gasteiger partial charge on any atom is -0.480 e. The zero-order valence-corrected chi connectivity index (χ0v) is 10.7. The number of aliphatic carboxylic acids is 1. The van der Waals surface area contributed by atoms with Crippen molar-refractivity contribution in [1.29, 1.82) is 0 Å². The van der Waals surface area contributed by atoms with Gasteiger partial charge in [-0.25, -0.2) is 9.18 Å². The molecular weight excluding hydrogens is 269 g/mol. The number of nitrogens with two attached hydrogens (primary N) is 1. The largest absolute Gasteiger partial charge is 0.480 e. The second kappa shape index (κ2) is 6.50. The van der Waals surface area contributed by atoms with Gasteiger partial charge in [0.15, 0.2) is 0 Å². The van der Waals surface area contributed by atoms with Crippen LogP contribution in [0.3, 0.4) is 0 Å². The Morgan fingerprint density at radius 3 is 2.55 bits per heavy atom. The Balaban J connectivity index is 2.86. The fourth-order valence-corrected chi connectivity index (χ4v) is 1.47. The monoisotopic (exact) mass is 283 g/mol. The molecule has 4 N–H and O–H groups in total. The van der Waals surface area contributed by atoms with E-state index in [1.807, 2.05) is 0 Å². The number of carbonyl (C=O) groups excluding carboxylic acids is 2. The minimum absolute atomic E-state index is 0.190. The maximum Gasteiger partial charge on any atom is 0.323 e. The van der Waals surface area contributed by atoms with Gasteiger partial charge in [0.1, 0.15) is 18.9 Å². The van der Waals surface area contributed by atoms with Gasteiger partial charge in [-0.1, -0.05) is 6.07 Å². The maximum absolute atomic E-state index is 13.1. The molecule has 0 aliphatic heterocycles. The van der Waals surface area contributed by atoms with E-state index in [4.69, 9.17) is 10.8 Å². The van der Waals surface area contributed by atoms with Crippen LogP contribution in [-0.4, -0.2) is 41.0 Å². The number of halogens is 1. The number of carboxylic acids is 1. The van der Waals surface area contributed by atoms with Gasteiger partial charge in [-0.15, -0.1) is 0 Å². The van der Waals surface area contributed by atoms with Crippen molar-refractivity contribution < 1.29 is 23.9 Å². The van der Waals surface area contributed by atoms with Gasteiger partial charge in [0.25, 0.3) is 0 Å². The SMILES string of the molecule is Cc1ccc(F)cc1NC(=O)N(CC(N)=O)CC(=O)O. The first-order valence-electron chi connectivity index (χ1n) is 5.61. The Hall–Kier alpha value is -2.64. The molecule has 0 atom stereocenters. The van der Waals surface area contributed by atoms with Crippen molar-refractivity contribution in [1.82, 2.24) is 4.90 Å². The van der Waals surface area contributed by atoms with Crippen molar-refractivity contribution in [3.63, 3.8) is 0 Å². The molecule has 0 fully saturated rings. The zero-order valence-electron chi connectivity index (χ0n) is 10.7. The lowest BCUT2D eigenvalue weighted by molar-refractivity contribution is -0.137. The molecule has 0 spiro atoms. The van der Waals surface area contributed by atoms with Gasteiger partial charge < -0.3 is 21.1 Å². The van der Waals surface area contributed by atoms with E-state index in [1.165, 1.54) is 12.1 Å². The molecule has 0 aliphatic carbocycles. The second-order valence-electron chi connectivity index (χ2n) is 4.11. The number of carbonyl (C=O) groups is 3. The lowest BCUT2D eigenvalue weighted by atomic mass is 10.2. The van der Waals surface area contributed by atoms with E-state index in [9.17, 15) is 18.8 Å². The van der Waals surface area contributed by atoms with Gasteiger partial charge in [0.2, 0.25) is 5.91 Å².